The van der Waals surface area contributed by atoms with Crippen LogP contribution < -0.4 is 0 Å². The van der Waals surface area contributed by atoms with E-state index in [9.17, 15) is 28.1 Å². The number of benzene rings is 2. The van der Waals surface area contributed by atoms with Crippen molar-refractivity contribution in [1.82, 2.24) is 9.80 Å². The van der Waals surface area contributed by atoms with E-state index in [1.54, 1.807) is 4.90 Å². The minimum atomic E-state index is -4.18. The molecule has 2 aromatic rings. The average molecular weight is 425 g/mol. The van der Waals surface area contributed by atoms with Crippen LogP contribution in [0.2, 0.25) is 0 Å². The number of non-ortho nitro benzene ring substituents is 1. The van der Waals surface area contributed by atoms with Crippen LogP contribution in [0, 0.1) is 10.1 Å². The molecule has 152 valence electrons. The summed E-state index contributed by atoms with van der Waals surface area (Å²) in [4.78, 5) is 39.9. The summed E-state index contributed by atoms with van der Waals surface area (Å²) in [6.45, 7) is 2.64. The number of hydrogen-bond acceptors (Lipinski definition) is 8. The van der Waals surface area contributed by atoms with E-state index in [4.69, 9.17) is 0 Å². The third-order valence-corrected chi connectivity index (χ3v) is 7.14. The van der Waals surface area contributed by atoms with Crippen LogP contribution in [-0.2, 0) is 9.84 Å². The van der Waals surface area contributed by atoms with E-state index in [1.165, 1.54) is 18.2 Å². The van der Waals surface area contributed by atoms with E-state index < -0.39 is 20.5 Å². The van der Waals surface area contributed by atoms with E-state index in [0.29, 0.717) is 31.9 Å². The molecule has 9 nitrogen and oxygen atoms in total. The molecule has 3 aliphatic rings. The van der Waals surface area contributed by atoms with Crippen LogP contribution in [-0.4, -0.2) is 60.9 Å². The average Bonchev–Trinajstić information content (AvgIpc) is 3.62. The molecule has 0 atom stereocenters. The molecule has 2 aromatic carbocycles. The number of fused-ring (bicyclic) bond motifs is 1. The Morgan fingerprint density at radius 2 is 1.40 bits per heavy atom. The molecule has 0 unspecified atom stereocenters. The summed E-state index contributed by atoms with van der Waals surface area (Å²) < 4.78 is 26.6. The van der Waals surface area contributed by atoms with Gasteiger partial charge in [-0.3, -0.25) is 19.7 Å². The lowest BCUT2D eigenvalue weighted by Gasteiger charge is -2.24. The Hall–Kier alpha value is -3.53. The molecular weight excluding hydrogens is 410 g/mol. The summed E-state index contributed by atoms with van der Waals surface area (Å²) in [6.07, 6.45) is 0. The van der Waals surface area contributed by atoms with Crippen molar-refractivity contribution in [2.24, 2.45) is 0 Å². The zero-order valence-corrected chi connectivity index (χ0v) is 16.4. The number of carbonyl (C=O) groups is 2. The third-order valence-electron chi connectivity index (χ3n) is 5.33. The maximum atomic E-state index is 13.4. The molecule has 0 bridgehead atoms. The first-order valence-corrected chi connectivity index (χ1v) is 10.7. The van der Waals surface area contributed by atoms with Crippen molar-refractivity contribution in [3.8, 4) is 0 Å². The summed E-state index contributed by atoms with van der Waals surface area (Å²) in [5, 5.41) is 10.9. The van der Waals surface area contributed by atoms with Crippen LogP contribution in [0.15, 0.2) is 63.6 Å². The van der Waals surface area contributed by atoms with Crippen molar-refractivity contribution in [2.75, 3.05) is 26.2 Å². The van der Waals surface area contributed by atoms with Crippen LogP contribution in [0.4, 0.5) is 5.69 Å². The number of sulfone groups is 1. The van der Waals surface area contributed by atoms with Gasteiger partial charge in [-0.15, -0.1) is 0 Å². The molecule has 2 aliphatic heterocycles. The van der Waals surface area contributed by atoms with Crippen LogP contribution in [0.5, 0.6) is 0 Å². The number of Topliss-reactive ketones (excluding diaryl/α,β-unsaturated/α-hetero) is 2. The first kappa shape index (κ1) is 18.5. The maximum Gasteiger partial charge on any atom is 0.269 e. The van der Waals surface area contributed by atoms with E-state index in [2.05, 4.69) is 0 Å². The van der Waals surface area contributed by atoms with Crippen molar-refractivity contribution >= 4 is 27.1 Å². The molecule has 2 fully saturated rings. The first-order chi connectivity index (χ1) is 14.3. The number of ketones is 2. The molecule has 0 aromatic heterocycles. The monoisotopic (exact) mass is 425 g/mol. The van der Waals surface area contributed by atoms with Crippen molar-refractivity contribution in [1.29, 1.82) is 0 Å². The number of nitro groups is 1. The fourth-order valence-corrected chi connectivity index (χ4v) is 5.12. The van der Waals surface area contributed by atoms with Gasteiger partial charge in [0, 0.05) is 43.9 Å². The van der Waals surface area contributed by atoms with E-state index in [1.807, 2.05) is 4.90 Å². The molecule has 5 rings (SSSR count). The van der Waals surface area contributed by atoms with Gasteiger partial charge in [-0.1, -0.05) is 12.1 Å². The zero-order valence-electron chi connectivity index (χ0n) is 15.6. The van der Waals surface area contributed by atoms with E-state index in [-0.39, 0.29) is 38.1 Å². The van der Waals surface area contributed by atoms with Gasteiger partial charge in [0.15, 0.2) is 0 Å². The Bertz CT molecular complexity index is 1270. The highest BCUT2D eigenvalue weighted by Gasteiger charge is 2.45. The summed E-state index contributed by atoms with van der Waals surface area (Å²) >= 11 is 0. The fraction of sp³-hybridized carbons (Fsp3) is 0.200. The number of carbonyl (C=O) groups excluding carboxylic acids is 2. The quantitative estimate of drug-likeness (QED) is 0.403. The van der Waals surface area contributed by atoms with Crippen LogP contribution in [0.25, 0.3) is 0 Å². The number of rotatable bonds is 5. The highest BCUT2D eigenvalue weighted by Crippen LogP contribution is 2.38. The van der Waals surface area contributed by atoms with Crippen LogP contribution >= 0.6 is 0 Å². The van der Waals surface area contributed by atoms with Gasteiger partial charge in [0.25, 0.3) is 5.69 Å². The van der Waals surface area contributed by atoms with Gasteiger partial charge in [0.2, 0.25) is 21.4 Å². The van der Waals surface area contributed by atoms with Gasteiger partial charge in [-0.2, -0.15) is 0 Å². The minimum absolute atomic E-state index is 0.0653. The van der Waals surface area contributed by atoms with Gasteiger partial charge in [-0.25, -0.2) is 8.42 Å². The smallest absolute Gasteiger partial charge is 0.269 e. The highest BCUT2D eigenvalue weighted by atomic mass is 32.2. The Labute approximate surface area is 171 Å². The highest BCUT2D eigenvalue weighted by molar-refractivity contribution is 7.91. The standard InChI is InChI=1S/C20H15N3O6S/c24-19-14-2-1-3-15(30(28,29)13-6-4-12(5-7-13)23(26)27)16(14)20(25)18(22-10-11-22)17(19)21-8-9-21/h1-7H,8-11H2. The normalized spacial score (nSPS) is 17.9. The second kappa shape index (κ2) is 6.23. The Morgan fingerprint density at radius 3 is 1.93 bits per heavy atom. The van der Waals surface area contributed by atoms with E-state index >= 15 is 0 Å². The Balaban J connectivity index is 1.67. The SMILES string of the molecule is O=C1C(N2CC2)=C(N2CC2)C(=O)c2c1cccc2S(=O)(=O)c1ccc([N+](=O)[O-])cc1. The Morgan fingerprint density at radius 1 is 0.833 bits per heavy atom. The molecule has 0 amide bonds. The molecule has 2 saturated heterocycles. The van der Waals surface area contributed by atoms with Crippen LogP contribution in [0.1, 0.15) is 20.7 Å². The topological polar surface area (TPSA) is 117 Å². The Kier molecular flexibility index (Phi) is 3.84. The van der Waals surface area contributed by atoms with Crippen molar-refractivity contribution < 1.29 is 22.9 Å². The van der Waals surface area contributed by atoms with Gasteiger partial charge >= 0.3 is 0 Å². The lowest BCUT2D eigenvalue weighted by molar-refractivity contribution is -0.384. The van der Waals surface area contributed by atoms with E-state index in [0.717, 1.165) is 24.3 Å². The van der Waals surface area contributed by atoms with Crippen molar-refractivity contribution in [3.05, 3.63) is 75.1 Å². The summed E-state index contributed by atoms with van der Waals surface area (Å²) in [5.41, 5.74) is 0.292. The number of nitro benzene ring substituents is 1. The fourth-order valence-electron chi connectivity index (χ4n) is 3.65. The molecule has 30 heavy (non-hydrogen) atoms. The largest absolute Gasteiger partial charge is 0.363 e. The number of allylic oxidation sites excluding steroid dienone is 2. The summed E-state index contributed by atoms with van der Waals surface area (Å²) in [7, 11) is -4.18. The van der Waals surface area contributed by atoms with Gasteiger partial charge in [0.05, 0.1) is 20.3 Å². The summed E-state index contributed by atoms with van der Waals surface area (Å²) in [5.74, 6) is -0.838. The van der Waals surface area contributed by atoms with Gasteiger partial charge in [0.1, 0.15) is 11.4 Å². The predicted octanol–water partition coefficient (Wildman–Crippen LogP) is 1.65. The molecule has 0 N–H and O–H groups in total. The molecule has 0 radical (unpaired) electrons. The lowest BCUT2D eigenvalue weighted by Crippen LogP contribution is -2.30. The molecular formula is C20H15N3O6S. The lowest BCUT2D eigenvalue weighted by atomic mass is 9.90. The molecule has 10 heteroatoms. The molecule has 2 heterocycles. The minimum Gasteiger partial charge on any atom is -0.363 e. The van der Waals surface area contributed by atoms with Crippen molar-refractivity contribution in [3.63, 3.8) is 0 Å². The third kappa shape index (κ3) is 2.71. The first-order valence-electron chi connectivity index (χ1n) is 9.27. The molecule has 1 aliphatic carbocycles. The predicted molar refractivity (Wildman–Crippen MR) is 104 cm³/mol. The molecule has 0 saturated carbocycles. The second-order valence-corrected chi connectivity index (χ2v) is 9.18. The van der Waals surface area contributed by atoms with Crippen LogP contribution in [0.3, 0.4) is 0 Å². The van der Waals surface area contributed by atoms with Crippen molar-refractivity contribution in [2.45, 2.75) is 9.79 Å². The second-order valence-electron chi connectivity index (χ2n) is 7.26. The maximum absolute atomic E-state index is 13.4. The number of nitrogens with zero attached hydrogens (tertiary/aromatic N) is 3. The number of hydrogen-bond donors (Lipinski definition) is 0. The van der Waals surface area contributed by atoms with Gasteiger partial charge in [-0.05, 0) is 18.2 Å². The summed E-state index contributed by atoms with van der Waals surface area (Å²) in [6, 6.07) is 8.64. The molecule has 0 spiro atoms. The zero-order chi connectivity index (χ0) is 21.2. The van der Waals surface area contributed by atoms with Gasteiger partial charge < -0.3 is 9.80 Å².